The van der Waals surface area contributed by atoms with Gasteiger partial charge < -0.3 is 10.6 Å². The molecule has 0 bridgehead atoms. The lowest BCUT2D eigenvalue weighted by atomic mass is 10.3. The van der Waals surface area contributed by atoms with E-state index in [0.29, 0.717) is 17.6 Å². The molecule has 78 valence electrons. The van der Waals surface area contributed by atoms with Crippen LogP contribution in [0, 0.1) is 0 Å². The molecule has 4 nitrogen and oxygen atoms in total. The molecule has 1 heterocycles. The van der Waals surface area contributed by atoms with Crippen molar-refractivity contribution in [3.8, 4) is 0 Å². The van der Waals surface area contributed by atoms with Crippen LogP contribution in [0.15, 0.2) is 12.5 Å². The lowest BCUT2D eigenvalue weighted by molar-refractivity contribution is 0.673. The van der Waals surface area contributed by atoms with Gasteiger partial charge in [-0.25, -0.2) is 9.97 Å². The van der Waals surface area contributed by atoms with Crippen molar-refractivity contribution in [1.29, 1.82) is 0 Å². The van der Waals surface area contributed by atoms with Crippen LogP contribution in [0.5, 0.6) is 0 Å². The molecular formula is C9H15ClN4. The van der Waals surface area contributed by atoms with Crippen LogP contribution in [0.2, 0.25) is 5.02 Å². The minimum Gasteiger partial charge on any atom is -0.352 e. The summed E-state index contributed by atoms with van der Waals surface area (Å²) in [7, 11) is 0. The maximum atomic E-state index is 5.99. The molecule has 0 aromatic carbocycles. The van der Waals surface area contributed by atoms with Crippen LogP contribution < -0.4 is 10.6 Å². The molecule has 0 saturated carbocycles. The Kier molecular flexibility index (Phi) is 4.10. The molecule has 0 atom stereocenters. The van der Waals surface area contributed by atoms with Crippen LogP contribution in [0.1, 0.15) is 13.8 Å². The third-order valence-corrected chi connectivity index (χ3v) is 2.18. The minimum atomic E-state index is 0.325. The van der Waals surface area contributed by atoms with Gasteiger partial charge in [0.1, 0.15) is 11.3 Å². The van der Waals surface area contributed by atoms with E-state index in [0.717, 1.165) is 12.4 Å². The first-order valence-corrected chi connectivity index (χ1v) is 4.96. The van der Waals surface area contributed by atoms with Gasteiger partial charge in [-0.1, -0.05) is 11.6 Å². The van der Waals surface area contributed by atoms with Crippen LogP contribution in [-0.4, -0.2) is 29.1 Å². The van der Waals surface area contributed by atoms with Crippen LogP contribution in [0.3, 0.4) is 0 Å². The average molecular weight is 215 g/mol. The molecule has 0 spiro atoms. The largest absolute Gasteiger partial charge is 0.352 e. The maximum absolute atomic E-state index is 5.99. The van der Waals surface area contributed by atoms with Gasteiger partial charge in [0, 0.05) is 19.1 Å². The van der Waals surface area contributed by atoms with Crippen molar-refractivity contribution in [1.82, 2.24) is 9.97 Å². The molecule has 0 radical (unpaired) electrons. The van der Waals surface area contributed by atoms with Gasteiger partial charge in [-0.05, 0) is 13.8 Å². The van der Waals surface area contributed by atoms with Gasteiger partial charge in [-0.15, -0.1) is 0 Å². The Hall–Kier alpha value is -0.870. The topological polar surface area (TPSA) is 55.0 Å². The summed E-state index contributed by atoms with van der Waals surface area (Å²) < 4.78 is 0. The average Bonchev–Trinajstić information content (AvgIpc) is 2.15. The zero-order valence-electron chi connectivity index (χ0n) is 8.44. The van der Waals surface area contributed by atoms with Crippen molar-refractivity contribution < 1.29 is 0 Å². The Balaban J connectivity index is 2.93. The highest BCUT2D eigenvalue weighted by atomic mass is 35.5. The van der Waals surface area contributed by atoms with Crippen LogP contribution in [-0.2, 0) is 0 Å². The van der Waals surface area contributed by atoms with Gasteiger partial charge in [0.2, 0.25) is 0 Å². The number of aromatic nitrogens is 2. The normalized spacial score (nSPS) is 10.6. The maximum Gasteiger partial charge on any atom is 0.151 e. The van der Waals surface area contributed by atoms with Gasteiger partial charge in [0.25, 0.3) is 0 Å². The van der Waals surface area contributed by atoms with E-state index in [9.17, 15) is 0 Å². The fourth-order valence-corrected chi connectivity index (χ4v) is 1.48. The molecule has 1 aromatic heterocycles. The molecule has 0 amide bonds. The second-order valence-corrected chi connectivity index (χ2v) is 3.68. The third kappa shape index (κ3) is 2.56. The van der Waals surface area contributed by atoms with Crippen LogP contribution in [0.25, 0.3) is 0 Å². The molecule has 14 heavy (non-hydrogen) atoms. The Bertz CT molecular complexity index is 290. The Morgan fingerprint density at radius 2 is 2.29 bits per heavy atom. The quantitative estimate of drug-likeness (QED) is 0.821. The number of hydrogen-bond donors (Lipinski definition) is 1. The summed E-state index contributed by atoms with van der Waals surface area (Å²) >= 11 is 5.99. The van der Waals surface area contributed by atoms with Gasteiger partial charge in [0.05, 0.1) is 6.20 Å². The minimum absolute atomic E-state index is 0.325. The number of halogens is 1. The first kappa shape index (κ1) is 11.2. The van der Waals surface area contributed by atoms with Crippen molar-refractivity contribution in [2.45, 2.75) is 19.9 Å². The van der Waals surface area contributed by atoms with Crippen LogP contribution >= 0.6 is 11.6 Å². The van der Waals surface area contributed by atoms with E-state index in [-0.39, 0.29) is 0 Å². The lowest BCUT2D eigenvalue weighted by Crippen LogP contribution is -2.36. The summed E-state index contributed by atoms with van der Waals surface area (Å²) in [5.41, 5.74) is 5.53. The summed E-state index contributed by atoms with van der Waals surface area (Å²) in [6.45, 7) is 5.48. The van der Waals surface area contributed by atoms with E-state index < -0.39 is 0 Å². The summed E-state index contributed by atoms with van der Waals surface area (Å²) in [5, 5.41) is 0.564. The fraction of sp³-hybridized carbons (Fsp3) is 0.556. The molecule has 0 aliphatic rings. The molecule has 0 fully saturated rings. The zero-order valence-corrected chi connectivity index (χ0v) is 9.20. The highest BCUT2D eigenvalue weighted by molar-refractivity contribution is 6.32. The zero-order chi connectivity index (χ0) is 10.6. The number of anilines is 1. The molecule has 0 unspecified atom stereocenters. The third-order valence-electron chi connectivity index (χ3n) is 1.91. The van der Waals surface area contributed by atoms with E-state index in [1.165, 1.54) is 6.33 Å². The summed E-state index contributed by atoms with van der Waals surface area (Å²) in [5.74, 6) is 0.752. The predicted octanol–water partition coefficient (Wildman–Crippen LogP) is 1.30. The second-order valence-electron chi connectivity index (χ2n) is 3.27. The predicted molar refractivity (Wildman–Crippen MR) is 58.6 cm³/mol. The van der Waals surface area contributed by atoms with E-state index in [1.807, 2.05) is 0 Å². The molecule has 0 aliphatic heterocycles. The lowest BCUT2D eigenvalue weighted by Gasteiger charge is -2.27. The van der Waals surface area contributed by atoms with Crippen molar-refractivity contribution in [3.63, 3.8) is 0 Å². The molecule has 0 aliphatic carbocycles. The summed E-state index contributed by atoms with van der Waals surface area (Å²) in [6, 6.07) is 0.325. The van der Waals surface area contributed by atoms with E-state index >= 15 is 0 Å². The van der Waals surface area contributed by atoms with Gasteiger partial charge in [0.15, 0.2) is 5.82 Å². The smallest absolute Gasteiger partial charge is 0.151 e. The standard InChI is InChI=1S/C9H15ClN4/c1-7(2)14(4-3-11)9-8(10)5-12-6-13-9/h5-7H,3-4,11H2,1-2H3. The molecule has 1 aromatic rings. The van der Waals surface area contributed by atoms with E-state index in [2.05, 4.69) is 28.7 Å². The monoisotopic (exact) mass is 214 g/mol. The van der Waals surface area contributed by atoms with E-state index in [4.69, 9.17) is 17.3 Å². The molecular weight excluding hydrogens is 200 g/mol. The van der Waals surface area contributed by atoms with Crippen molar-refractivity contribution in [2.75, 3.05) is 18.0 Å². The van der Waals surface area contributed by atoms with Gasteiger partial charge in [-0.3, -0.25) is 0 Å². The van der Waals surface area contributed by atoms with Crippen molar-refractivity contribution in [3.05, 3.63) is 17.5 Å². The highest BCUT2D eigenvalue weighted by Gasteiger charge is 2.13. The number of nitrogens with two attached hydrogens (primary N) is 1. The summed E-state index contributed by atoms with van der Waals surface area (Å²) in [4.78, 5) is 10.1. The Morgan fingerprint density at radius 3 is 2.79 bits per heavy atom. The van der Waals surface area contributed by atoms with Crippen LogP contribution in [0.4, 0.5) is 5.82 Å². The Labute approximate surface area is 89.1 Å². The highest BCUT2D eigenvalue weighted by Crippen LogP contribution is 2.22. The number of rotatable bonds is 4. The molecule has 0 saturated heterocycles. The molecule has 1 rings (SSSR count). The first-order valence-electron chi connectivity index (χ1n) is 4.59. The SMILES string of the molecule is CC(C)N(CCN)c1ncncc1Cl. The first-order chi connectivity index (χ1) is 6.66. The van der Waals surface area contributed by atoms with Gasteiger partial charge in [-0.2, -0.15) is 0 Å². The fourth-order valence-electron chi connectivity index (χ4n) is 1.27. The van der Waals surface area contributed by atoms with Crippen molar-refractivity contribution in [2.24, 2.45) is 5.73 Å². The van der Waals surface area contributed by atoms with Crippen molar-refractivity contribution >= 4 is 17.4 Å². The number of nitrogens with zero attached hydrogens (tertiary/aromatic N) is 3. The molecule has 5 heteroatoms. The van der Waals surface area contributed by atoms with Gasteiger partial charge >= 0.3 is 0 Å². The number of hydrogen-bond acceptors (Lipinski definition) is 4. The second kappa shape index (κ2) is 5.12. The van der Waals surface area contributed by atoms with E-state index in [1.54, 1.807) is 6.20 Å². The summed E-state index contributed by atoms with van der Waals surface area (Å²) in [6.07, 6.45) is 3.09. The Morgan fingerprint density at radius 1 is 1.57 bits per heavy atom. The molecule has 2 N–H and O–H groups in total.